The lowest BCUT2D eigenvalue weighted by Gasteiger charge is -2.09. The molecule has 1 N–H and O–H groups in total. The fraction of sp³-hybridized carbons (Fsp3) is 0.190. The van der Waals surface area contributed by atoms with Crippen molar-refractivity contribution in [1.29, 1.82) is 0 Å². The van der Waals surface area contributed by atoms with Crippen LogP contribution in [-0.4, -0.2) is 34.9 Å². The van der Waals surface area contributed by atoms with Crippen molar-refractivity contribution in [3.63, 3.8) is 0 Å². The van der Waals surface area contributed by atoms with Gasteiger partial charge >= 0.3 is 12.6 Å². The number of benzene rings is 2. The van der Waals surface area contributed by atoms with E-state index in [2.05, 4.69) is 15.2 Å². The van der Waals surface area contributed by atoms with Crippen LogP contribution in [0, 0.1) is 13.8 Å². The molecule has 0 bridgehead atoms. The van der Waals surface area contributed by atoms with E-state index in [0.29, 0.717) is 11.3 Å². The highest BCUT2D eigenvalue weighted by Gasteiger charge is 2.12. The number of nitrogens with zero attached hydrogens (tertiary/aromatic N) is 2. The molecule has 0 aliphatic rings. The molecule has 3 rings (SSSR count). The number of alkyl halides is 2. The summed E-state index contributed by atoms with van der Waals surface area (Å²) in [6.07, 6.45) is 0. The van der Waals surface area contributed by atoms with Crippen molar-refractivity contribution in [2.75, 3.05) is 11.9 Å². The second-order valence-corrected chi connectivity index (χ2v) is 6.41. The highest BCUT2D eigenvalue weighted by atomic mass is 19.3. The Labute approximate surface area is 171 Å². The van der Waals surface area contributed by atoms with Gasteiger partial charge < -0.3 is 14.8 Å². The number of carbonyl (C=O) groups excluding carboxylic acids is 2. The molecule has 2 aromatic carbocycles. The third kappa shape index (κ3) is 5.40. The van der Waals surface area contributed by atoms with Gasteiger partial charge in [-0.15, -0.1) is 0 Å². The number of ether oxygens (including phenoxy) is 2. The lowest BCUT2D eigenvalue weighted by molar-refractivity contribution is -0.119. The minimum atomic E-state index is -2.92. The maximum Gasteiger partial charge on any atom is 0.387 e. The zero-order valence-electron chi connectivity index (χ0n) is 16.3. The van der Waals surface area contributed by atoms with Crippen molar-refractivity contribution in [3.05, 3.63) is 71.5 Å². The van der Waals surface area contributed by atoms with Crippen molar-refractivity contribution in [2.45, 2.75) is 20.5 Å². The molecule has 1 aromatic heterocycles. The standard InChI is InChI=1S/C21H19F2N3O4/c1-13-11-14(2)26(25-13)17-7-3-15(4-8-17)20(28)29-12-19(27)24-16-5-9-18(10-6-16)30-21(22)23/h3-11,21H,12H2,1-2H3,(H,24,27). The number of esters is 1. The molecule has 0 aliphatic heterocycles. The summed E-state index contributed by atoms with van der Waals surface area (Å²) >= 11 is 0. The maximum absolute atomic E-state index is 12.2. The van der Waals surface area contributed by atoms with Gasteiger partial charge in [-0.25, -0.2) is 9.48 Å². The van der Waals surface area contributed by atoms with Crippen LogP contribution in [-0.2, 0) is 9.53 Å². The topological polar surface area (TPSA) is 82.5 Å². The van der Waals surface area contributed by atoms with E-state index in [4.69, 9.17) is 4.74 Å². The van der Waals surface area contributed by atoms with E-state index in [1.165, 1.54) is 24.3 Å². The van der Waals surface area contributed by atoms with Gasteiger partial charge in [-0.3, -0.25) is 4.79 Å². The molecule has 9 heteroatoms. The monoisotopic (exact) mass is 415 g/mol. The van der Waals surface area contributed by atoms with Gasteiger partial charge in [0.2, 0.25) is 0 Å². The minimum absolute atomic E-state index is 0.0293. The maximum atomic E-state index is 12.2. The predicted octanol–water partition coefficient (Wildman–Crippen LogP) is 3.89. The van der Waals surface area contributed by atoms with Gasteiger partial charge in [-0.2, -0.15) is 13.9 Å². The average Bonchev–Trinajstić information content (AvgIpc) is 3.05. The van der Waals surface area contributed by atoms with Crippen LogP contribution >= 0.6 is 0 Å². The van der Waals surface area contributed by atoms with Crippen molar-refractivity contribution >= 4 is 17.6 Å². The van der Waals surface area contributed by atoms with Crippen LogP contribution in [0.4, 0.5) is 14.5 Å². The molecule has 1 heterocycles. The number of aryl methyl sites for hydroxylation is 2. The Morgan fingerprint density at radius 2 is 1.73 bits per heavy atom. The van der Waals surface area contributed by atoms with E-state index >= 15 is 0 Å². The highest BCUT2D eigenvalue weighted by Crippen LogP contribution is 2.18. The van der Waals surface area contributed by atoms with Crippen molar-refractivity contribution in [2.24, 2.45) is 0 Å². The van der Waals surface area contributed by atoms with E-state index in [1.807, 2.05) is 19.9 Å². The summed E-state index contributed by atoms with van der Waals surface area (Å²) in [7, 11) is 0. The number of amides is 1. The first-order valence-electron chi connectivity index (χ1n) is 8.97. The number of anilines is 1. The number of halogens is 2. The third-order valence-corrected chi connectivity index (χ3v) is 4.05. The number of hydrogen-bond donors (Lipinski definition) is 1. The first kappa shape index (κ1) is 21.0. The van der Waals surface area contributed by atoms with Gasteiger partial charge in [0.1, 0.15) is 5.75 Å². The van der Waals surface area contributed by atoms with Gasteiger partial charge in [0.25, 0.3) is 5.91 Å². The van der Waals surface area contributed by atoms with Crippen molar-refractivity contribution in [3.8, 4) is 11.4 Å². The first-order valence-corrected chi connectivity index (χ1v) is 8.97. The molecule has 0 saturated heterocycles. The van der Waals surface area contributed by atoms with Crippen LogP contribution < -0.4 is 10.1 Å². The van der Waals surface area contributed by atoms with Crippen LogP contribution in [0.2, 0.25) is 0 Å². The predicted molar refractivity (Wildman–Crippen MR) is 105 cm³/mol. The largest absolute Gasteiger partial charge is 0.452 e. The fourth-order valence-electron chi connectivity index (χ4n) is 2.76. The SMILES string of the molecule is Cc1cc(C)n(-c2ccc(C(=O)OCC(=O)Nc3ccc(OC(F)F)cc3)cc2)n1. The van der Waals surface area contributed by atoms with Gasteiger partial charge in [-0.05, 0) is 68.4 Å². The summed E-state index contributed by atoms with van der Waals surface area (Å²) in [5.41, 5.74) is 3.30. The number of rotatable bonds is 7. The molecule has 156 valence electrons. The van der Waals surface area contributed by atoms with Crippen LogP contribution in [0.3, 0.4) is 0 Å². The van der Waals surface area contributed by atoms with Gasteiger partial charge in [0.05, 0.1) is 16.9 Å². The van der Waals surface area contributed by atoms with E-state index < -0.39 is 25.1 Å². The Morgan fingerprint density at radius 1 is 1.07 bits per heavy atom. The summed E-state index contributed by atoms with van der Waals surface area (Å²) in [5.74, 6) is -1.24. The minimum Gasteiger partial charge on any atom is -0.452 e. The Balaban J connectivity index is 1.52. The van der Waals surface area contributed by atoms with Crippen LogP contribution in [0.25, 0.3) is 5.69 Å². The Hall–Kier alpha value is -3.75. The summed E-state index contributed by atoms with van der Waals surface area (Å²) in [6, 6.07) is 14.0. The Kier molecular flexibility index (Phi) is 6.41. The second kappa shape index (κ2) is 9.17. The Morgan fingerprint density at radius 3 is 2.30 bits per heavy atom. The number of carbonyl (C=O) groups is 2. The molecule has 1 amide bonds. The molecule has 0 saturated carbocycles. The highest BCUT2D eigenvalue weighted by molar-refractivity contribution is 5.95. The molecule has 3 aromatic rings. The van der Waals surface area contributed by atoms with Gasteiger partial charge in [-0.1, -0.05) is 0 Å². The van der Waals surface area contributed by atoms with Crippen LogP contribution in [0.15, 0.2) is 54.6 Å². The molecule has 0 aliphatic carbocycles. The molecule has 0 fully saturated rings. The second-order valence-electron chi connectivity index (χ2n) is 6.41. The summed E-state index contributed by atoms with van der Waals surface area (Å²) in [6.45, 7) is 0.408. The molecule has 0 unspecified atom stereocenters. The van der Waals surface area contributed by atoms with Gasteiger partial charge in [0, 0.05) is 11.4 Å². The van der Waals surface area contributed by atoms with E-state index in [9.17, 15) is 18.4 Å². The van der Waals surface area contributed by atoms with E-state index in [1.54, 1.807) is 28.9 Å². The van der Waals surface area contributed by atoms with Crippen LogP contribution in [0.5, 0.6) is 5.75 Å². The smallest absolute Gasteiger partial charge is 0.387 e. The average molecular weight is 415 g/mol. The summed E-state index contributed by atoms with van der Waals surface area (Å²) in [4.78, 5) is 24.1. The third-order valence-electron chi connectivity index (χ3n) is 4.05. The fourth-order valence-corrected chi connectivity index (χ4v) is 2.76. The number of hydrogen-bond acceptors (Lipinski definition) is 5. The molecule has 0 atom stereocenters. The van der Waals surface area contributed by atoms with E-state index in [-0.39, 0.29) is 5.75 Å². The first-order chi connectivity index (χ1) is 14.3. The summed E-state index contributed by atoms with van der Waals surface area (Å²) in [5, 5.41) is 6.87. The zero-order chi connectivity index (χ0) is 21.7. The molecular weight excluding hydrogens is 396 g/mol. The van der Waals surface area contributed by atoms with Crippen molar-refractivity contribution < 1.29 is 27.8 Å². The normalized spacial score (nSPS) is 10.7. The quantitative estimate of drug-likeness (QED) is 0.592. The summed E-state index contributed by atoms with van der Waals surface area (Å²) < 4.78 is 35.3. The molecule has 7 nitrogen and oxygen atoms in total. The van der Waals surface area contributed by atoms with Crippen LogP contribution in [0.1, 0.15) is 21.7 Å². The zero-order valence-corrected chi connectivity index (χ0v) is 16.3. The Bertz CT molecular complexity index is 1030. The number of aromatic nitrogens is 2. The number of nitrogens with one attached hydrogen (secondary N) is 1. The molecule has 30 heavy (non-hydrogen) atoms. The molecule has 0 spiro atoms. The van der Waals surface area contributed by atoms with Gasteiger partial charge in [0.15, 0.2) is 6.61 Å². The lowest BCUT2D eigenvalue weighted by Crippen LogP contribution is -2.21. The molecule has 0 radical (unpaired) electrons. The molecular formula is C21H19F2N3O4. The van der Waals surface area contributed by atoms with Crippen molar-refractivity contribution in [1.82, 2.24) is 9.78 Å². The lowest BCUT2D eigenvalue weighted by atomic mass is 10.2. The van der Waals surface area contributed by atoms with E-state index in [0.717, 1.165) is 17.1 Å².